The van der Waals surface area contributed by atoms with E-state index in [1.54, 1.807) is 0 Å². The number of benzene rings is 11. The summed E-state index contributed by atoms with van der Waals surface area (Å²) >= 11 is 0. The highest BCUT2D eigenvalue weighted by Gasteiger charge is 2.26. The molecule has 11 aromatic carbocycles. The number of aryl methyl sites for hydroxylation is 1. The lowest BCUT2D eigenvalue weighted by Gasteiger charge is -2.28. The minimum absolute atomic E-state index is 1.12. The van der Waals surface area contributed by atoms with E-state index in [1.807, 2.05) is 0 Å². The second kappa shape index (κ2) is 13.7. The highest BCUT2D eigenvalue weighted by Crippen LogP contribution is 2.53. The molecule has 0 heterocycles. The zero-order valence-corrected chi connectivity index (χ0v) is 33.2. The maximum absolute atomic E-state index is 2.47. The number of nitrogens with zero attached hydrogens (tertiary/aromatic N) is 1. The summed E-state index contributed by atoms with van der Waals surface area (Å²) in [7, 11) is 0. The predicted molar refractivity (Wildman–Crippen MR) is 257 cm³/mol. The molecule has 0 saturated heterocycles. The van der Waals surface area contributed by atoms with Crippen molar-refractivity contribution in [1.29, 1.82) is 0 Å². The quantitative estimate of drug-likeness (QED) is 0.153. The van der Waals surface area contributed by atoms with Crippen molar-refractivity contribution in [2.75, 3.05) is 4.90 Å². The Morgan fingerprint density at radius 3 is 1.52 bits per heavy atom. The van der Waals surface area contributed by atoms with Gasteiger partial charge in [0.2, 0.25) is 0 Å². The Balaban J connectivity index is 1.21. The van der Waals surface area contributed by atoms with E-state index in [0.717, 1.165) is 11.4 Å². The van der Waals surface area contributed by atoms with Crippen LogP contribution in [-0.4, -0.2) is 0 Å². The summed E-state index contributed by atoms with van der Waals surface area (Å²) in [4.78, 5) is 2.47. The van der Waals surface area contributed by atoms with E-state index >= 15 is 0 Å². The highest BCUT2D eigenvalue weighted by molar-refractivity contribution is 6.33. The smallest absolute Gasteiger partial charge is 0.0540 e. The Hall–Kier alpha value is -7.74. The summed E-state index contributed by atoms with van der Waals surface area (Å²) in [6.45, 7) is 2.16. The molecule has 1 heteroatoms. The predicted octanol–water partition coefficient (Wildman–Crippen LogP) is 16.7. The average Bonchev–Trinajstić information content (AvgIpc) is 3.65. The second-order valence-electron chi connectivity index (χ2n) is 16.0. The van der Waals surface area contributed by atoms with Gasteiger partial charge in [0.25, 0.3) is 0 Å². The molecule has 11 aromatic rings. The standard InChI is InChI=1S/C59H39N/c1-38-28-30-42(31-29-38)60(55-35-34-49-45-23-12-11-22-44(45)47-26-15-27-51(55)57(47)49)43-32-33-50-54(36-43)46-24-13-14-25-48(46)58-53(40-18-7-3-8-19-40)37-52(39-16-5-2-6-17-39)56(59(50)58)41-20-9-4-10-21-41/h2-37H,1H3. The third-order valence-electron chi connectivity index (χ3n) is 12.6. The SMILES string of the molecule is Cc1ccc(N(c2ccc3c(c2)c2ccccc2c2c(-c4ccccc4)cc(-c4ccccc4)c(-c4ccccc4)c32)c2ccc3c4c(cccc24)-c2ccccc2-3)cc1. The molecule has 0 unspecified atom stereocenters. The Morgan fingerprint density at radius 2 is 0.817 bits per heavy atom. The van der Waals surface area contributed by atoms with Gasteiger partial charge in [-0.1, -0.05) is 188 Å². The van der Waals surface area contributed by atoms with E-state index < -0.39 is 0 Å². The molecule has 60 heavy (non-hydrogen) atoms. The fraction of sp³-hybridized carbons (Fsp3) is 0.0169. The summed E-state index contributed by atoms with van der Waals surface area (Å²) in [5.41, 5.74) is 17.2. The molecule has 0 aromatic heterocycles. The first kappa shape index (κ1) is 34.3. The summed E-state index contributed by atoms with van der Waals surface area (Å²) in [5.74, 6) is 0. The fourth-order valence-corrected chi connectivity index (χ4v) is 9.98. The molecule has 0 spiro atoms. The zero-order valence-electron chi connectivity index (χ0n) is 33.2. The molecule has 0 fully saturated rings. The van der Waals surface area contributed by atoms with Gasteiger partial charge >= 0.3 is 0 Å². The van der Waals surface area contributed by atoms with Crippen molar-refractivity contribution in [2.24, 2.45) is 0 Å². The summed E-state index contributed by atoms with van der Waals surface area (Å²) < 4.78 is 0. The van der Waals surface area contributed by atoms with Crippen molar-refractivity contribution >= 4 is 60.2 Å². The van der Waals surface area contributed by atoms with Gasteiger partial charge in [0, 0.05) is 16.8 Å². The van der Waals surface area contributed by atoms with E-state index in [-0.39, 0.29) is 0 Å². The van der Waals surface area contributed by atoms with Crippen LogP contribution in [0.4, 0.5) is 17.1 Å². The largest absolute Gasteiger partial charge is 0.310 e. The first-order valence-corrected chi connectivity index (χ1v) is 20.8. The topological polar surface area (TPSA) is 3.24 Å². The molecule has 1 aliphatic rings. The van der Waals surface area contributed by atoms with Gasteiger partial charge in [-0.2, -0.15) is 0 Å². The molecule has 1 nitrogen and oxygen atoms in total. The van der Waals surface area contributed by atoms with Crippen LogP contribution < -0.4 is 4.90 Å². The van der Waals surface area contributed by atoms with Crippen LogP contribution >= 0.6 is 0 Å². The van der Waals surface area contributed by atoms with Crippen LogP contribution in [0.15, 0.2) is 218 Å². The minimum atomic E-state index is 1.12. The fourth-order valence-electron chi connectivity index (χ4n) is 9.98. The van der Waals surface area contributed by atoms with Crippen LogP contribution in [0.5, 0.6) is 0 Å². The van der Waals surface area contributed by atoms with Crippen LogP contribution in [0.1, 0.15) is 5.56 Å². The number of anilines is 3. The van der Waals surface area contributed by atoms with Gasteiger partial charge in [0.1, 0.15) is 0 Å². The minimum Gasteiger partial charge on any atom is -0.310 e. The zero-order chi connectivity index (χ0) is 39.7. The first-order valence-electron chi connectivity index (χ1n) is 20.8. The van der Waals surface area contributed by atoms with Crippen LogP contribution in [-0.2, 0) is 0 Å². The Kier molecular flexibility index (Phi) is 7.83. The van der Waals surface area contributed by atoms with Crippen molar-refractivity contribution < 1.29 is 0 Å². The third-order valence-corrected chi connectivity index (χ3v) is 12.6. The maximum atomic E-state index is 2.47. The van der Waals surface area contributed by atoms with Gasteiger partial charge in [-0.15, -0.1) is 0 Å². The van der Waals surface area contributed by atoms with Gasteiger partial charge in [-0.25, -0.2) is 0 Å². The Labute approximate surface area is 350 Å². The van der Waals surface area contributed by atoms with Crippen molar-refractivity contribution in [1.82, 2.24) is 0 Å². The van der Waals surface area contributed by atoms with Crippen molar-refractivity contribution in [2.45, 2.75) is 6.92 Å². The molecule has 12 rings (SSSR count). The van der Waals surface area contributed by atoms with Gasteiger partial charge in [0.15, 0.2) is 0 Å². The van der Waals surface area contributed by atoms with Crippen LogP contribution in [0.2, 0.25) is 0 Å². The summed E-state index contributed by atoms with van der Waals surface area (Å²) in [6, 6.07) is 80.8. The van der Waals surface area contributed by atoms with Gasteiger partial charge < -0.3 is 4.90 Å². The lowest BCUT2D eigenvalue weighted by atomic mass is 9.81. The molecular weight excluding hydrogens is 723 g/mol. The van der Waals surface area contributed by atoms with E-state index in [1.165, 1.54) is 110 Å². The lowest BCUT2D eigenvalue weighted by Crippen LogP contribution is -2.10. The molecule has 0 saturated carbocycles. The van der Waals surface area contributed by atoms with E-state index in [9.17, 15) is 0 Å². The van der Waals surface area contributed by atoms with Crippen molar-refractivity contribution in [3.63, 3.8) is 0 Å². The highest BCUT2D eigenvalue weighted by atomic mass is 15.1. The number of fused-ring (bicyclic) bond motifs is 9. The molecule has 280 valence electrons. The van der Waals surface area contributed by atoms with E-state index in [2.05, 4.69) is 230 Å². The molecule has 0 aliphatic heterocycles. The van der Waals surface area contributed by atoms with Gasteiger partial charge in [-0.05, 0) is 137 Å². The molecule has 1 aliphatic carbocycles. The summed E-state index contributed by atoms with van der Waals surface area (Å²) in [6.07, 6.45) is 0. The Bertz CT molecular complexity index is 3430. The summed E-state index contributed by atoms with van der Waals surface area (Å²) in [5, 5.41) is 10.1. The molecule has 0 atom stereocenters. The van der Waals surface area contributed by atoms with Gasteiger partial charge in [0.05, 0.1) is 5.69 Å². The van der Waals surface area contributed by atoms with Crippen LogP contribution in [0.25, 0.3) is 98.7 Å². The molecule has 0 radical (unpaired) electrons. The number of rotatable bonds is 6. The van der Waals surface area contributed by atoms with Crippen molar-refractivity contribution in [3.05, 3.63) is 224 Å². The van der Waals surface area contributed by atoms with Crippen molar-refractivity contribution in [3.8, 4) is 55.6 Å². The van der Waals surface area contributed by atoms with E-state index in [0.29, 0.717) is 0 Å². The maximum Gasteiger partial charge on any atom is 0.0540 e. The first-order chi connectivity index (χ1) is 29.7. The molecule has 0 N–H and O–H groups in total. The lowest BCUT2D eigenvalue weighted by molar-refractivity contribution is 1.29. The monoisotopic (exact) mass is 761 g/mol. The molecular formula is C59H39N. The number of hydrogen-bond donors (Lipinski definition) is 0. The number of hydrogen-bond acceptors (Lipinski definition) is 1. The van der Waals surface area contributed by atoms with Gasteiger partial charge in [-0.3, -0.25) is 0 Å². The molecule has 0 bridgehead atoms. The average molecular weight is 762 g/mol. The van der Waals surface area contributed by atoms with Crippen LogP contribution in [0.3, 0.4) is 0 Å². The molecule has 0 amide bonds. The normalized spacial score (nSPS) is 11.8. The third kappa shape index (κ3) is 5.26. The second-order valence-corrected chi connectivity index (χ2v) is 16.0. The van der Waals surface area contributed by atoms with E-state index in [4.69, 9.17) is 0 Å². The Morgan fingerprint density at radius 1 is 0.283 bits per heavy atom. The van der Waals surface area contributed by atoms with Crippen LogP contribution in [0, 0.1) is 6.92 Å².